The van der Waals surface area contributed by atoms with E-state index in [0.29, 0.717) is 0 Å². The Kier molecular flexibility index (Phi) is 25.6. The number of hydrogen-bond acceptors (Lipinski definition) is 0. The summed E-state index contributed by atoms with van der Waals surface area (Å²) >= 11 is 0. The summed E-state index contributed by atoms with van der Waals surface area (Å²) in [7, 11) is 6.49. The summed E-state index contributed by atoms with van der Waals surface area (Å²) in [6.07, 6.45) is 0. The van der Waals surface area contributed by atoms with Crippen LogP contribution in [0.2, 0.25) is 0 Å². The zero-order chi connectivity index (χ0) is 7.61. The molecule has 0 aliphatic heterocycles. The molecule has 86 valence electrons. The number of rotatable bonds is 1. The van der Waals surface area contributed by atoms with Gasteiger partial charge in [0.05, 0.1) is 21.1 Å². The largest absolute Gasteiger partial charge is 3.00 e. The Bertz CT molecular complexity index is 213. The van der Waals surface area contributed by atoms with Crippen molar-refractivity contribution in [3.05, 3.63) is 30.3 Å². The molecule has 0 heterocycles. The molecule has 0 aliphatic rings. The number of quaternary nitrogens is 1. The van der Waals surface area contributed by atoms with Crippen molar-refractivity contribution in [3.8, 4) is 0 Å². The van der Waals surface area contributed by atoms with Gasteiger partial charge in [0.15, 0.2) is 0 Å². The number of benzene rings is 1. The fraction of sp³-hybridized carbons (Fsp3) is 0.333. The topological polar surface area (TPSA) is 0 Å². The fourth-order valence-corrected chi connectivity index (χ4v) is 0.875. The van der Waals surface area contributed by atoms with E-state index in [0.717, 1.165) is 4.48 Å². The molecule has 1 aromatic rings. The van der Waals surface area contributed by atoms with E-state index in [9.17, 15) is 0 Å². The molecule has 0 unspecified atom stereocenters. The van der Waals surface area contributed by atoms with E-state index in [-0.39, 0.29) is 67.0 Å². The third kappa shape index (κ3) is 11.1. The number of para-hydroxylation sites is 1. The molecule has 0 aromatic heterocycles. The molecule has 15 heavy (non-hydrogen) atoms. The molecule has 1 rings (SSSR count). The van der Waals surface area contributed by atoms with Crippen LogP contribution in [-0.2, 0) is 0 Å². The van der Waals surface area contributed by atoms with Gasteiger partial charge in [-0.3, -0.25) is 4.48 Å². The first-order valence-electron chi connectivity index (χ1n) is 3.48. The summed E-state index contributed by atoms with van der Waals surface area (Å²) in [6.45, 7) is 0. The van der Waals surface area contributed by atoms with E-state index in [2.05, 4.69) is 45.4 Å². The summed E-state index contributed by atoms with van der Waals surface area (Å²) < 4.78 is 0.890. The fourth-order valence-electron chi connectivity index (χ4n) is 0.875. The van der Waals surface area contributed by atoms with Crippen LogP contribution >= 0.6 is 0 Å². The van der Waals surface area contributed by atoms with Gasteiger partial charge in [0.1, 0.15) is 5.69 Å². The standard InChI is InChI=1S/C9H14N.Al.4ClH/c1-10(2,3)9-7-5-4-6-8-9;;;;;/h4-8H,1-3H3;;4*1H/q+1;+3;;;;/p-4. The predicted octanol–water partition coefficient (Wildman–Crippen LogP) is -10.5. The first-order chi connectivity index (χ1) is 4.61. The van der Waals surface area contributed by atoms with Crippen LogP contribution in [0.4, 0.5) is 5.69 Å². The molecule has 0 amide bonds. The summed E-state index contributed by atoms with van der Waals surface area (Å²) in [6, 6.07) is 10.5. The molecule has 0 saturated heterocycles. The Labute approximate surface area is 128 Å². The average molecular weight is 305 g/mol. The van der Waals surface area contributed by atoms with Crippen LogP contribution in [0.25, 0.3) is 0 Å². The normalized spacial score (nSPS) is 7.67. The van der Waals surface area contributed by atoms with Gasteiger partial charge in [0.25, 0.3) is 0 Å². The van der Waals surface area contributed by atoms with Gasteiger partial charge in [-0.1, -0.05) is 18.2 Å². The average Bonchev–Trinajstić information content (AvgIpc) is 1.88. The Morgan fingerprint density at radius 1 is 0.733 bits per heavy atom. The Morgan fingerprint density at radius 3 is 1.27 bits per heavy atom. The van der Waals surface area contributed by atoms with Gasteiger partial charge < -0.3 is 49.6 Å². The van der Waals surface area contributed by atoms with Crippen LogP contribution in [0.1, 0.15) is 0 Å². The molecule has 0 N–H and O–H groups in total. The summed E-state index contributed by atoms with van der Waals surface area (Å²) in [5.41, 5.74) is 1.34. The monoisotopic (exact) mass is 303 g/mol. The first-order valence-corrected chi connectivity index (χ1v) is 3.48. The first kappa shape index (κ1) is 29.7. The minimum Gasteiger partial charge on any atom is -1.00 e. The molecule has 0 saturated carbocycles. The zero-order valence-corrected chi connectivity index (χ0v) is 13.1. The van der Waals surface area contributed by atoms with Gasteiger partial charge in [-0.25, -0.2) is 0 Å². The second kappa shape index (κ2) is 12.9. The number of halogens is 4. The van der Waals surface area contributed by atoms with Crippen molar-refractivity contribution in [2.45, 2.75) is 0 Å². The van der Waals surface area contributed by atoms with E-state index in [1.807, 2.05) is 6.07 Å². The van der Waals surface area contributed by atoms with Crippen LogP contribution in [0.15, 0.2) is 30.3 Å². The second-order valence-electron chi connectivity index (χ2n) is 3.35. The number of nitrogens with zero attached hydrogens (tertiary/aromatic N) is 1. The quantitative estimate of drug-likeness (QED) is 0.357. The van der Waals surface area contributed by atoms with E-state index in [4.69, 9.17) is 0 Å². The molecule has 0 radical (unpaired) electrons. The van der Waals surface area contributed by atoms with Crippen molar-refractivity contribution < 1.29 is 49.6 Å². The van der Waals surface area contributed by atoms with E-state index in [1.54, 1.807) is 0 Å². The second-order valence-corrected chi connectivity index (χ2v) is 3.35. The molecule has 0 aliphatic carbocycles. The van der Waals surface area contributed by atoms with E-state index in [1.165, 1.54) is 5.69 Å². The van der Waals surface area contributed by atoms with Gasteiger partial charge >= 0.3 is 17.4 Å². The predicted molar refractivity (Wildman–Crippen MR) is 51.8 cm³/mol. The van der Waals surface area contributed by atoms with Crippen LogP contribution < -0.4 is 54.1 Å². The van der Waals surface area contributed by atoms with Crippen LogP contribution in [0, 0.1) is 0 Å². The maximum absolute atomic E-state index is 2.16. The van der Waals surface area contributed by atoms with Crippen LogP contribution in [0.3, 0.4) is 0 Å². The molecule has 0 fully saturated rings. The van der Waals surface area contributed by atoms with Gasteiger partial charge in [-0.05, 0) is 12.1 Å². The zero-order valence-electron chi connectivity index (χ0n) is 8.92. The maximum atomic E-state index is 2.16. The third-order valence-electron chi connectivity index (χ3n) is 1.53. The number of hydrogen-bond donors (Lipinski definition) is 0. The molecular formula is C9H14AlCl4N. The Hall–Kier alpha value is 0.872. The van der Waals surface area contributed by atoms with Crippen molar-refractivity contribution in [2.75, 3.05) is 21.1 Å². The van der Waals surface area contributed by atoms with Gasteiger partial charge in [-0.15, -0.1) is 0 Å². The van der Waals surface area contributed by atoms with Crippen molar-refractivity contribution in [1.29, 1.82) is 0 Å². The van der Waals surface area contributed by atoms with Gasteiger partial charge in [0, 0.05) is 0 Å². The molecule has 1 nitrogen and oxygen atoms in total. The van der Waals surface area contributed by atoms with Crippen molar-refractivity contribution in [3.63, 3.8) is 0 Å². The molecular weight excluding hydrogens is 291 g/mol. The smallest absolute Gasteiger partial charge is 1.00 e. The van der Waals surface area contributed by atoms with Gasteiger partial charge in [0.2, 0.25) is 0 Å². The summed E-state index contributed by atoms with van der Waals surface area (Å²) in [5, 5.41) is 0. The SMILES string of the molecule is C[N+](C)(C)c1ccccc1.[Al+3].[Cl-].[Cl-].[Cl-].[Cl-]. The minimum absolute atomic E-state index is 0. The summed E-state index contributed by atoms with van der Waals surface area (Å²) in [4.78, 5) is 0. The molecule has 0 atom stereocenters. The third-order valence-corrected chi connectivity index (χ3v) is 1.53. The molecule has 0 bridgehead atoms. The van der Waals surface area contributed by atoms with Crippen LogP contribution in [0.5, 0.6) is 0 Å². The minimum atomic E-state index is 0. The molecule has 1 aromatic carbocycles. The van der Waals surface area contributed by atoms with Crippen molar-refractivity contribution in [2.24, 2.45) is 0 Å². The maximum Gasteiger partial charge on any atom is 3.00 e. The van der Waals surface area contributed by atoms with Crippen molar-refractivity contribution in [1.82, 2.24) is 4.48 Å². The Balaban J connectivity index is -0.0000000667. The van der Waals surface area contributed by atoms with Gasteiger partial charge in [-0.2, -0.15) is 0 Å². The van der Waals surface area contributed by atoms with Crippen molar-refractivity contribution >= 4 is 23.0 Å². The molecule has 0 spiro atoms. The summed E-state index contributed by atoms with van der Waals surface area (Å²) in [5.74, 6) is 0. The van der Waals surface area contributed by atoms with E-state index >= 15 is 0 Å². The van der Waals surface area contributed by atoms with E-state index < -0.39 is 0 Å². The Morgan fingerprint density at radius 2 is 1.07 bits per heavy atom. The molecule has 6 heteroatoms. The van der Waals surface area contributed by atoms with Crippen LogP contribution in [-0.4, -0.2) is 38.5 Å².